The smallest absolute Gasteiger partial charge is 0.146 e. The standard InChI is InChI=1S/C16H24O3S.C13H28.C2H6/c1-11(2)14-8-7-9-15(12(3)4)16(14)19-20(6,18)10-13(5)17;1-3-5-7-9-11-13-12-10-8-6-4-2;1-2/h7-9,11-12H,6,10H2,1-5H3;3-13H2,1-2H3;1-2H3. The van der Waals surface area contributed by atoms with E-state index in [-0.39, 0.29) is 23.4 Å². The molecule has 0 saturated heterocycles. The Hall–Kier alpha value is -1.29. The molecular formula is C31H58O3S. The third kappa shape index (κ3) is 18.6. The molecule has 35 heavy (non-hydrogen) atoms. The van der Waals surface area contributed by atoms with Crippen molar-refractivity contribution in [2.75, 3.05) is 5.75 Å². The molecule has 0 radical (unpaired) electrons. The fraction of sp³-hybridized carbons (Fsp3) is 0.742. The van der Waals surface area contributed by atoms with Crippen LogP contribution < -0.4 is 4.18 Å². The minimum absolute atomic E-state index is 0.156. The van der Waals surface area contributed by atoms with Gasteiger partial charge in [-0.05, 0) is 35.8 Å². The van der Waals surface area contributed by atoms with Crippen LogP contribution in [0.25, 0.3) is 0 Å². The Labute approximate surface area is 220 Å². The molecule has 0 aliphatic rings. The molecule has 4 heteroatoms. The van der Waals surface area contributed by atoms with Gasteiger partial charge in [-0.2, -0.15) is 0 Å². The van der Waals surface area contributed by atoms with Crippen LogP contribution in [0.3, 0.4) is 0 Å². The average Bonchev–Trinajstić information content (AvgIpc) is 2.78. The van der Waals surface area contributed by atoms with Crippen LogP contribution in [0.5, 0.6) is 5.75 Å². The number of benzene rings is 1. The number of rotatable bonds is 16. The fourth-order valence-corrected chi connectivity index (χ4v) is 4.98. The predicted octanol–water partition coefficient (Wildman–Crippen LogP) is 9.88. The fourth-order valence-electron chi connectivity index (χ4n) is 3.81. The second kappa shape index (κ2) is 21.9. The minimum atomic E-state index is -2.90. The van der Waals surface area contributed by atoms with E-state index in [2.05, 4.69) is 47.4 Å². The van der Waals surface area contributed by atoms with Crippen LogP contribution in [0.4, 0.5) is 0 Å². The van der Waals surface area contributed by atoms with E-state index >= 15 is 0 Å². The molecule has 0 saturated carbocycles. The van der Waals surface area contributed by atoms with Crippen LogP contribution in [-0.2, 0) is 14.6 Å². The molecule has 1 unspecified atom stereocenters. The zero-order valence-corrected chi connectivity index (χ0v) is 25.5. The Balaban J connectivity index is 0. The van der Waals surface area contributed by atoms with Crippen molar-refractivity contribution < 1.29 is 13.2 Å². The first-order valence-corrected chi connectivity index (χ1v) is 16.0. The van der Waals surface area contributed by atoms with E-state index in [1.54, 1.807) is 0 Å². The maximum absolute atomic E-state index is 12.4. The van der Waals surface area contributed by atoms with Gasteiger partial charge >= 0.3 is 0 Å². The van der Waals surface area contributed by atoms with Gasteiger partial charge in [-0.3, -0.25) is 4.79 Å². The zero-order chi connectivity index (χ0) is 27.3. The van der Waals surface area contributed by atoms with Crippen molar-refractivity contribution in [1.29, 1.82) is 0 Å². The highest BCUT2D eigenvalue weighted by Gasteiger charge is 2.19. The van der Waals surface area contributed by atoms with Crippen LogP contribution in [0, 0.1) is 0 Å². The summed E-state index contributed by atoms with van der Waals surface area (Å²) in [5.74, 6) is 4.37. The molecule has 3 nitrogen and oxygen atoms in total. The lowest BCUT2D eigenvalue weighted by atomic mass is 9.94. The molecule has 0 fully saturated rings. The first-order valence-electron chi connectivity index (χ1n) is 14.2. The molecule has 0 N–H and O–H groups in total. The predicted molar refractivity (Wildman–Crippen MR) is 160 cm³/mol. The van der Waals surface area contributed by atoms with E-state index in [9.17, 15) is 9.00 Å². The molecule has 0 aliphatic carbocycles. The second-order valence-electron chi connectivity index (χ2n) is 9.93. The lowest BCUT2D eigenvalue weighted by Gasteiger charge is -2.21. The molecule has 0 aliphatic heterocycles. The lowest BCUT2D eigenvalue weighted by molar-refractivity contribution is -0.114. The topological polar surface area (TPSA) is 43.4 Å². The molecule has 0 aromatic heterocycles. The average molecular weight is 511 g/mol. The third-order valence-corrected chi connectivity index (χ3v) is 7.00. The van der Waals surface area contributed by atoms with Gasteiger partial charge in [-0.15, -0.1) is 0 Å². The summed E-state index contributed by atoms with van der Waals surface area (Å²) < 4.78 is 18.1. The summed E-state index contributed by atoms with van der Waals surface area (Å²) in [6.07, 6.45) is 15.9. The molecule has 1 aromatic carbocycles. The van der Waals surface area contributed by atoms with Crippen LogP contribution in [-0.4, -0.2) is 21.6 Å². The van der Waals surface area contributed by atoms with Crippen molar-refractivity contribution in [3.8, 4) is 5.75 Å². The summed E-state index contributed by atoms with van der Waals surface area (Å²) in [4.78, 5) is 11.2. The highest BCUT2D eigenvalue weighted by molar-refractivity contribution is 7.96. The Bertz CT molecular complexity index is 712. The highest BCUT2D eigenvalue weighted by Crippen LogP contribution is 2.35. The van der Waals surface area contributed by atoms with Crippen molar-refractivity contribution in [1.82, 2.24) is 0 Å². The van der Waals surface area contributed by atoms with Crippen LogP contribution >= 0.6 is 0 Å². The normalized spacial score (nSPS) is 12.3. The molecular weight excluding hydrogens is 452 g/mol. The van der Waals surface area contributed by atoms with Gasteiger partial charge in [-0.25, -0.2) is 4.21 Å². The summed E-state index contributed by atoms with van der Waals surface area (Å²) in [5, 5.41) is 0. The SMILES string of the molecule is C=S(=O)(CC(C)=O)Oc1c(C(C)C)cccc1C(C)C.CC.CCCCCCCCCCCCC. The van der Waals surface area contributed by atoms with Gasteiger partial charge in [0.1, 0.15) is 27.1 Å². The van der Waals surface area contributed by atoms with Gasteiger partial charge in [0.15, 0.2) is 0 Å². The third-order valence-electron chi connectivity index (χ3n) is 5.69. The monoisotopic (exact) mass is 510 g/mol. The van der Waals surface area contributed by atoms with Gasteiger partial charge in [0, 0.05) is 0 Å². The van der Waals surface area contributed by atoms with Crippen molar-refractivity contribution in [3.05, 3.63) is 29.3 Å². The van der Waals surface area contributed by atoms with E-state index in [0.717, 1.165) is 11.1 Å². The Morgan fingerprint density at radius 1 is 0.800 bits per heavy atom. The van der Waals surface area contributed by atoms with Gasteiger partial charge in [0.2, 0.25) is 0 Å². The minimum Gasteiger partial charge on any atom is -0.408 e. The number of carbonyl (C=O) groups excluding carboxylic acids is 1. The lowest BCUT2D eigenvalue weighted by Crippen LogP contribution is -2.20. The van der Waals surface area contributed by atoms with E-state index in [0.29, 0.717) is 5.75 Å². The molecule has 0 heterocycles. The van der Waals surface area contributed by atoms with Crippen LogP contribution in [0.1, 0.15) is 156 Å². The van der Waals surface area contributed by atoms with Crippen molar-refractivity contribution in [3.63, 3.8) is 0 Å². The van der Waals surface area contributed by atoms with E-state index in [1.807, 2.05) is 32.0 Å². The van der Waals surface area contributed by atoms with E-state index < -0.39 is 9.80 Å². The van der Waals surface area contributed by atoms with Gasteiger partial charge in [0.05, 0.1) is 0 Å². The van der Waals surface area contributed by atoms with Crippen LogP contribution in [0.15, 0.2) is 18.2 Å². The van der Waals surface area contributed by atoms with Crippen molar-refractivity contribution >= 4 is 21.5 Å². The van der Waals surface area contributed by atoms with Gasteiger partial charge in [0.25, 0.3) is 0 Å². The quantitative estimate of drug-likeness (QED) is 0.164. The molecule has 0 amide bonds. The number of hydrogen-bond donors (Lipinski definition) is 0. The molecule has 206 valence electrons. The number of hydrogen-bond acceptors (Lipinski definition) is 3. The van der Waals surface area contributed by atoms with E-state index in [4.69, 9.17) is 4.18 Å². The summed E-state index contributed by atoms with van der Waals surface area (Å²) in [6, 6.07) is 5.91. The molecule has 0 bridgehead atoms. The maximum atomic E-state index is 12.4. The largest absolute Gasteiger partial charge is 0.408 e. The van der Waals surface area contributed by atoms with Crippen molar-refractivity contribution in [2.24, 2.45) is 0 Å². The van der Waals surface area contributed by atoms with Gasteiger partial charge < -0.3 is 4.18 Å². The molecule has 1 atom stereocenters. The number of carbonyl (C=O) groups is 1. The summed E-state index contributed by atoms with van der Waals surface area (Å²) >= 11 is 0. The van der Waals surface area contributed by atoms with Crippen molar-refractivity contribution in [2.45, 2.75) is 145 Å². The first-order chi connectivity index (χ1) is 16.6. The maximum Gasteiger partial charge on any atom is 0.146 e. The molecule has 1 aromatic rings. The Morgan fingerprint density at radius 2 is 1.14 bits per heavy atom. The highest BCUT2D eigenvalue weighted by atomic mass is 32.2. The summed E-state index contributed by atoms with van der Waals surface area (Å²) in [5.41, 5.74) is 1.99. The molecule has 0 spiro atoms. The Morgan fingerprint density at radius 3 is 1.43 bits per heavy atom. The summed E-state index contributed by atoms with van der Waals surface area (Å²) in [6.45, 7) is 18.2. The number of unbranched alkanes of at least 4 members (excludes halogenated alkanes) is 10. The van der Waals surface area contributed by atoms with Gasteiger partial charge in [-0.1, -0.05) is 144 Å². The number of Topliss-reactive ketones (excluding diaryl/α,β-unsaturated/α-hetero) is 1. The Kier molecular flexibility index (Phi) is 22.5. The van der Waals surface area contributed by atoms with E-state index in [1.165, 1.54) is 77.6 Å². The number of ketones is 1. The number of para-hydroxylation sites is 1. The zero-order valence-electron chi connectivity index (χ0n) is 24.7. The second-order valence-corrected chi connectivity index (χ2v) is 11.9. The first kappa shape index (κ1) is 35.9. The summed E-state index contributed by atoms with van der Waals surface area (Å²) in [7, 11) is -2.90. The molecule has 1 rings (SSSR count). The van der Waals surface area contributed by atoms with Crippen LogP contribution in [0.2, 0.25) is 0 Å².